The van der Waals surface area contributed by atoms with E-state index in [0.717, 1.165) is 22.3 Å². The van der Waals surface area contributed by atoms with Gasteiger partial charge >= 0.3 is 6.09 Å². The summed E-state index contributed by atoms with van der Waals surface area (Å²) in [5.41, 5.74) is 6.52. The summed E-state index contributed by atoms with van der Waals surface area (Å²) in [5.74, 6) is 3.39. The summed E-state index contributed by atoms with van der Waals surface area (Å²) in [6, 6.07) is 16.1. The van der Waals surface area contributed by atoms with Gasteiger partial charge in [-0.25, -0.2) is 10.6 Å². The highest BCUT2D eigenvalue weighted by Gasteiger charge is 2.30. The van der Waals surface area contributed by atoms with Gasteiger partial charge in [-0.05, 0) is 34.6 Å². The summed E-state index contributed by atoms with van der Waals surface area (Å²) >= 11 is 0. The van der Waals surface area contributed by atoms with Gasteiger partial charge in [0.2, 0.25) is 5.91 Å². The van der Waals surface area contributed by atoms with Crippen LogP contribution in [0.2, 0.25) is 0 Å². The second-order valence-corrected chi connectivity index (χ2v) is 7.84. The minimum absolute atomic E-state index is 0.0597. The van der Waals surface area contributed by atoms with Crippen LogP contribution in [0.25, 0.3) is 11.1 Å². The lowest BCUT2D eigenvalue weighted by Gasteiger charge is -2.17. The molecule has 0 aromatic heterocycles. The number of amides is 2. The third-order valence-corrected chi connectivity index (χ3v) is 5.31. The van der Waals surface area contributed by atoms with Crippen LogP contribution in [-0.4, -0.2) is 30.9 Å². The number of rotatable bonds is 8. The number of hydrogen-bond acceptors (Lipinski definition) is 5. The Labute approximate surface area is 176 Å². The molecular formula is C23H27N3O4. The molecule has 1 unspecified atom stereocenters. The molecule has 0 aliphatic heterocycles. The number of hydrogen-bond donors (Lipinski definition) is 3. The largest absolute Gasteiger partial charge is 0.449 e. The highest BCUT2D eigenvalue weighted by molar-refractivity contribution is 6.02. The number of Topliss-reactive ketones (excluding diaryl/α,β-unsaturated/α-hetero) is 1. The molecule has 0 spiro atoms. The average molecular weight is 409 g/mol. The molecule has 0 saturated carbocycles. The van der Waals surface area contributed by atoms with Gasteiger partial charge in [-0.15, -0.1) is 0 Å². The van der Waals surface area contributed by atoms with Gasteiger partial charge in [-0.2, -0.15) is 0 Å². The normalized spacial score (nSPS) is 13.3. The van der Waals surface area contributed by atoms with Crippen molar-refractivity contribution in [2.45, 2.75) is 26.2 Å². The van der Waals surface area contributed by atoms with Crippen LogP contribution in [0, 0.1) is 11.8 Å². The first-order valence-corrected chi connectivity index (χ1v) is 10.0. The number of fused-ring (bicyclic) bond motifs is 3. The molecule has 30 heavy (non-hydrogen) atoms. The number of nitrogens with one attached hydrogen (secondary N) is 2. The summed E-state index contributed by atoms with van der Waals surface area (Å²) < 4.78 is 5.41. The second-order valence-electron chi connectivity index (χ2n) is 7.84. The van der Waals surface area contributed by atoms with E-state index in [0.29, 0.717) is 6.42 Å². The van der Waals surface area contributed by atoms with Crippen molar-refractivity contribution in [2.24, 2.45) is 17.7 Å². The Bertz CT molecular complexity index is 896. The topological polar surface area (TPSA) is 111 Å². The van der Waals surface area contributed by atoms with E-state index in [2.05, 4.69) is 17.4 Å². The maximum Gasteiger partial charge on any atom is 0.407 e. The molecule has 1 atom stereocenters. The van der Waals surface area contributed by atoms with Gasteiger partial charge in [0.15, 0.2) is 5.78 Å². The van der Waals surface area contributed by atoms with Crippen LogP contribution in [0.3, 0.4) is 0 Å². The van der Waals surface area contributed by atoms with Crippen LogP contribution in [0.5, 0.6) is 0 Å². The summed E-state index contributed by atoms with van der Waals surface area (Å²) in [6.45, 7) is 3.68. The second kappa shape index (κ2) is 9.54. The van der Waals surface area contributed by atoms with Crippen molar-refractivity contribution in [3.05, 3.63) is 59.7 Å². The molecule has 2 aromatic carbocycles. The quantitative estimate of drug-likeness (QED) is 0.269. The van der Waals surface area contributed by atoms with E-state index in [1.54, 1.807) is 0 Å². The average Bonchev–Trinajstić information content (AvgIpc) is 3.07. The molecule has 2 amide bonds. The number of nitrogens with two attached hydrogens (primary N) is 1. The van der Waals surface area contributed by atoms with Crippen molar-refractivity contribution in [3.8, 4) is 11.1 Å². The summed E-state index contributed by atoms with van der Waals surface area (Å²) in [7, 11) is 0. The van der Waals surface area contributed by atoms with Crippen molar-refractivity contribution in [1.29, 1.82) is 0 Å². The van der Waals surface area contributed by atoms with Crippen LogP contribution in [0.15, 0.2) is 48.5 Å². The van der Waals surface area contributed by atoms with Gasteiger partial charge < -0.3 is 10.1 Å². The third kappa shape index (κ3) is 4.68. The Balaban J connectivity index is 1.59. The molecule has 1 aliphatic rings. The Morgan fingerprint density at radius 3 is 2.10 bits per heavy atom. The van der Waals surface area contributed by atoms with Crippen LogP contribution in [0.1, 0.15) is 37.3 Å². The lowest BCUT2D eigenvalue weighted by atomic mass is 9.92. The van der Waals surface area contributed by atoms with E-state index in [9.17, 15) is 14.4 Å². The molecule has 158 valence electrons. The van der Waals surface area contributed by atoms with Crippen molar-refractivity contribution in [1.82, 2.24) is 10.7 Å². The van der Waals surface area contributed by atoms with Crippen LogP contribution in [0.4, 0.5) is 4.79 Å². The fourth-order valence-corrected chi connectivity index (χ4v) is 3.89. The molecule has 7 heteroatoms. The zero-order chi connectivity index (χ0) is 21.7. The van der Waals surface area contributed by atoms with Gasteiger partial charge in [-0.3, -0.25) is 15.0 Å². The van der Waals surface area contributed by atoms with E-state index in [4.69, 9.17) is 10.6 Å². The number of ketones is 1. The number of hydrazine groups is 1. The van der Waals surface area contributed by atoms with Crippen LogP contribution >= 0.6 is 0 Å². The van der Waals surface area contributed by atoms with E-state index in [-0.39, 0.29) is 25.0 Å². The molecular weight excluding hydrogens is 382 g/mol. The Kier molecular flexibility index (Phi) is 6.84. The molecule has 0 radical (unpaired) electrons. The van der Waals surface area contributed by atoms with E-state index >= 15 is 0 Å². The Hall–Kier alpha value is -3.19. The Morgan fingerprint density at radius 1 is 1.00 bits per heavy atom. The molecule has 0 saturated heterocycles. The highest BCUT2D eigenvalue weighted by Crippen LogP contribution is 2.44. The fraction of sp³-hybridized carbons (Fsp3) is 0.348. The van der Waals surface area contributed by atoms with E-state index in [1.807, 2.05) is 55.7 Å². The predicted molar refractivity (Wildman–Crippen MR) is 113 cm³/mol. The standard InChI is InChI=1S/C23H27N3O4/c1-14(2)11-19(22(28)26-24)21(27)12-25-23(29)30-13-20-17-9-5-3-7-15(17)16-8-4-6-10-18(16)20/h3-10,14,19-20H,11-13,24H2,1-2H3,(H,25,29)(H,26,28). The van der Waals surface area contributed by atoms with Crippen molar-refractivity contribution in [2.75, 3.05) is 13.2 Å². The summed E-state index contributed by atoms with van der Waals surface area (Å²) in [5, 5.41) is 2.46. The zero-order valence-electron chi connectivity index (χ0n) is 17.2. The number of carbonyl (C=O) groups is 3. The highest BCUT2D eigenvalue weighted by atomic mass is 16.5. The molecule has 0 fully saturated rings. The number of alkyl carbamates (subject to hydrolysis) is 1. The molecule has 2 aromatic rings. The molecule has 0 heterocycles. The third-order valence-electron chi connectivity index (χ3n) is 5.31. The lowest BCUT2D eigenvalue weighted by molar-refractivity contribution is -0.134. The maximum absolute atomic E-state index is 12.4. The van der Waals surface area contributed by atoms with Crippen LogP contribution < -0.4 is 16.6 Å². The maximum atomic E-state index is 12.4. The van der Waals surface area contributed by atoms with E-state index in [1.165, 1.54) is 0 Å². The van der Waals surface area contributed by atoms with Crippen molar-refractivity contribution in [3.63, 3.8) is 0 Å². The minimum Gasteiger partial charge on any atom is -0.449 e. The monoisotopic (exact) mass is 409 g/mol. The van der Waals surface area contributed by atoms with Gasteiger partial charge in [0.1, 0.15) is 6.61 Å². The van der Waals surface area contributed by atoms with Gasteiger partial charge in [0, 0.05) is 5.92 Å². The first-order valence-electron chi connectivity index (χ1n) is 10.0. The van der Waals surface area contributed by atoms with Gasteiger partial charge in [0.05, 0.1) is 12.5 Å². The van der Waals surface area contributed by atoms with Crippen molar-refractivity contribution < 1.29 is 19.1 Å². The summed E-state index contributed by atoms with van der Waals surface area (Å²) in [4.78, 5) is 36.5. The van der Waals surface area contributed by atoms with E-state index < -0.39 is 23.7 Å². The fourth-order valence-electron chi connectivity index (χ4n) is 3.89. The van der Waals surface area contributed by atoms with Crippen molar-refractivity contribution >= 4 is 17.8 Å². The number of carbonyl (C=O) groups excluding carboxylic acids is 3. The number of ether oxygens (including phenoxy) is 1. The lowest BCUT2D eigenvalue weighted by Crippen LogP contribution is -2.43. The SMILES string of the molecule is CC(C)CC(C(=O)CNC(=O)OCC1c2ccccc2-c2ccccc21)C(=O)NN. The molecule has 7 nitrogen and oxygen atoms in total. The Morgan fingerprint density at radius 2 is 1.57 bits per heavy atom. The molecule has 4 N–H and O–H groups in total. The van der Waals surface area contributed by atoms with Gasteiger partial charge in [0.25, 0.3) is 0 Å². The number of benzene rings is 2. The smallest absolute Gasteiger partial charge is 0.407 e. The molecule has 1 aliphatic carbocycles. The van der Waals surface area contributed by atoms with Crippen LogP contribution in [-0.2, 0) is 14.3 Å². The zero-order valence-corrected chi connectivity index (χ0v) is 17.2. The predicted octanol–water partition coefficient (Wildman–Crippen LogP) is 2.75. The summed E-state index contributed by atoms with van der Waals surface area (Å²) in [6.07, 6.45) is -0.338. The minimum atomic E-state index is -0.899. The first-order chi connectivity index (χ1) is 14.4. The molecule has 3 rings (SSSR count). The van der Waals surface area contributed by atoms with Gasteiger partial charge in [-0.1, -0.05) is 62.4 Å². The molecule has 0 bridgehead atoms. The first kappa shape index (κ1) is 21.5.